The number of ether oxygens (including phenoxy) is 1. The maximum Gasteiger partial charge on any atom is 0.468 e. The number of benzene rings is 1. The molecule has 0 N–H and O–H groups in total. The molecule has 0 aliphatic heterocycles. The number of pyridine rings is 1. The van der Waals surface area contributed by atoms with Crippen molar-refractivity contribution in [2.75, 3.05) is 0 Å². The third-order valence-electron chi connectivity index (χ3n) is 3.45. The number of thiophene rings is 1. The number of halogens is 4. The van der Waals surface area contributed by atoms with Crippen LogP contribution >= 0.6 is 22.9 Å². The third kappa shape index (κ3) is 3.25. The van der Waals surface area contributed by atoms with Crippen LogP contribution in [0.3, 0.4) is 0 Å². The molecule has 26 heavy (non-hydrogen) atoms. The predicted molar refractivity (Wildman–Crippen MR) is 91.6 cm³/mol. The van der Waals surface area contributed by atoms with Gasteiger partial charge >= 0.3 is 12.1 Å². The van der Waals surface area contributed by atoms with E-state index in [0.29, 0.717) is 26.8 Å². The van der Waals surface area contributed by atoms with E-state index in [1.165, 1.54) is 17.5 Å². The lowest BCUT2D eigenvalue weighted by Crippen LogP contribution is -2.04. The molecule has 0 fully saturated rings. The lowest BCUT2D eigenvalue weighted by atomic mass is 10.2. The average molecular weight is 397 g/mol. The molecule has 0 saturated carbocycles. The van der Waals surface area contributed by atoms with Crippen molar-refractivity contribution in [2.24, 2.45) is 0 Å². The topological polar surface area (TPSA) is 48.2 Å². The van der Waals surface area contributed by atoms with E-state index < -0.39 is 12.1 Å². The van der Waals surface area contributed by atoms with Crippen LogP contribution in [0.1, 0.15) is 5.89 Å². The lowest BCUT2D eigenvalue weighted by Gasteiger charge is -2.06. The first-order chi connectivity index (χ1) is 12.4. The smallest absolute Gasteiger partial charge is 0.455 e. The van der Waals surface area contributed by atoms with E-state index in [4.69, 9.17) is 16.3 Å². The number of nitrogens with zero attached hydrogens (tertiary/aromatic N) is 2. The number of hydrogen-bond acceptors (Lipinski definition) is 5. The third-order valence-corrected chi connectivity index (χ3v) is 4.79. The van der Waals surface area contributed by atoms with Crippen molar-refractivity contribution < 1.29 is 22.3 Å². The number of oxazole rings is 1. The summed E-state index contributed by atoms with van der Waals surface area (Å²) in [6.07, 6.45) is -0.486. The Morgan fingerprint density at radius 3 is 2.58 bits per heavy atom. The van der Waals surface area contributed by atoms with Crippen molar-refractivity contribution in [2.45, 2.75) is 6.18 Å². The molecule has 132 valence electrons. The Labute approximate surface area is 153 Å². The molecule has 3 aromatic heterocycles. The Bertz CT molecular complexity index is 1070. The summed E-state index contributed by atoms with van der Waals surface area (Å²) in [4.78, 5) is 8.15. The first kappa shape index (κ1) is 16.9. The number of alkyl halides is 3. The zero-order chi connectivity index (χ0) is 18.3. The van der Waals surface area contributed by atoms with Gasteiger partial charge in [-0.15, -0.1) is 11.3 Å². The van der Waals surface area contributed by atoms with Crippen molar-refractivity contribution in [3.8, 4) is 22.1 Å². The van der Waals surface area contributed by atoms with E-state index in [1.54, 1.807) is 36.5 Å². The molecule has 0 saturated heterocycles. The van der Waals surface area contributed by atoms with Crippen LogP contribution in [0.25, 0.3) is 20.7 Å². The van der Waals surface area contributed by atoms with Gasteiger partial charge in [0.05, 0.1) is 15.8 Å². The van der Waals surface area contributed by atoms with Gasteiger partial charge in [-0.25, -0.2) is 4.98 Å². The molecule has 4 nitrogen and oxygen atoms in total. The second kappa shape index (κ2) is 6.30. The summed E-state index contributed by atoms with van der Waals surface area (Å²) in [6, 6.07) is 8.50. The molecule has 0 radical (unpaired) electrons. The fourth-order valence-corrected chi connectivity index (χ4v) is 3.41. The van der Waals surface area contributed by atoms with Gasteiger partial charge in [-0.1, -0.05) is 11.6 Å². The van der Waals surface area contributed by atoms with E-state index >= 15 is 0 Å². The largest absolute Gasteiger partial charge is 0.468 e. The minimum Gasteiger partial charge on any atom is -0.455 e. The van der Waals surface area contributed by atoms with E-state index in [9.17, 15) is 13.2 Å². The van der Waals surface area contributed by atoms with Crippen LogP contribution in [-0.2, 0) is 6.18 Å². The number of fused-ring (bicyclic) bond motifs is 1. The number of aromatic nitrogens is 2. The Hall–Kier alpha value is -2.58. The van der Waals surface area contributed by atoms with Gasteiger partial charge in [0.1, 0.15) is 17.7 Å². The summed E-state index contributed by atoms with van der Waals surface area (Å²) in [6.45, 7) is 0. The molecule has 9 heteroatoms. The average Bonchev–Trinajstić information content (AvgIpc) is 3.23. The molecular formula is C17H8ClF3N2O2S. The van der Waals surface area contributed by atoms with Gasteiger partial charge in [-0.05, 0) is 30.3 Å². The quantitative estimate of drug-likeness (QED) is 0.401. The minimum atomic E-state index is -4.63. The maximum atomic E-state index is 12.7. The van der Waals surface area contributed by atoms with Crippen molar-refractivity contribution in [3.05, 3.63) is 59.9 Å². The molecule has 0 atom stereocenters. The number of rotatable bonds is 3. The van der Waals surface area contributed by atoms with Crippen LogP contribution in [-0.4, -0.2) is 9.97 Å². The van der Waals surface area contributed by atoms with Gasteiger partial charge in [-0.2, -0.15) is 13.2 Å². The Kier molecular flexibility index (Phi) is 4.08. The van der Waals surface area contributed by atoms with E-state index in [2.05, 4.69) is 14.4 Å². The van der Waals surface area contributed by atoms with E-state index in [0.717, 1.165) is 11.0 Å². The van der Waals surface area contributed by atoms with Crippen LogP contribution < -0.4 is 4.74 Å². The Morgan fingerprint density at radius 2 is 1.88 bits per heavy atom. The zero-order valence-electron chi connectivity index (χ0n) is 12.7. The van der Waals surface area contributed by atoms with Crippen molar-refractivity contribution in [1.82, 2.24) is 9.97 Å². The van der Waals surface area contributed by atoms with Crippen LogP contribution in [0.4, 0.5) is 13.2 Å². The molecule has 0 unspecified atom stereocenters. The van der Waals surface area contributed by atoms with Gasteiger partial charge in [0, 0.05) is 16.6 Å². The van der Waals surface area contributed by atoms with Crippen LogP contribution in [0.2, 0.25) is 5.02 Å². The standard InChI is InChI=1S/C17H8ClF3N2O2S/c18-9-1-3-10(4-2-9)25-13-6-22-7-15-11(13)5-14(26-15)12-8-24-16(23-12)17(19,20)21/h1-8H. The molecule has 0 spiro atoms. The molecular weight excluding hydrogens is 389 g/mol. The highest BCUT2D eigenvalue weighted by Gasteiger charge is 2.37. The molecule has 3 heterocycles. The molecule has 4 rings (SSSR count). The van der Waals surface area contributed by atoms with Gasteiger partial charge in [0.25, 0.3) is 0 Å². The Balaban J connectivity index is 1.71. The van der Waals surface area contributed by atoms with Crippen LogP contribution in [0.15, 0.2) is 53.4 Å². The predicted octanol–water partition coefficient (Wildman–Crippen LogP) is 6.42. The molecule has 0 aliphatic rings. The monoisotopic (exact) mass is 396 g/mol. The maximum absolute atomic E-state index is 12.7. The van der Waals surface area contributed by atoms with Gasteiger partial charge in [-0.3, -0.25) is 4.98 Å². The highest BCUT2D eigenvalue weighted by Crippen LogP contribution is 2.39. The van der Waals surface area contributed by atoms with Crippen molar-refractivity contribution >= 4 is 33.0 Å². The van der Waals surface area contributed by atoms with Gasteiger partial charge in [0.15, 0.2) is 5.75 Å². The lowest BCUT2D eigenvalue weighted by molar-refractivity contribution is -0.157. The van der Waals surface area contributed by atoms with Crippen molar-refractivity contribution in [3.63, 3.8) is 0 Å². The summed E-state index contributed by atoms with van der Waals surface area (Å²) < 4.78 is 49.1. The fraction of sp³-hybridized carbons (Fsp3) is 0.0588. The molecule has 0 amide bonds. The fourth-order valence-electron chi connectivity index (χ4n) is 2.29. The number of hydrogen-bond donors (Lipinski definition) is 0. The Morgan fingerprint density at radius 1 is 1.12 bits per heavy atom. The summed E-state index contributed by atoms with van der Waals surface area (Å²) in [7, 11) is 0. The summed E-state index contributed by atoms with van der Waals surface area (Å²) >= 11 is 7.10. The highest BCUT2D eigenvalue weighted by atomic mass is 35.5. The molecule has 0 aliphatic carbocycles. The molecule has 4 aromatic rings. The second-order valence-corrected chi connectivity index (χ2v) is 6.77. The van der Waals surface area contributed by atoms with E-state index in [-0.39, 0.29) is 5.69 Å². The normalized spacial score (nSPS) is 11.8. The first-order valence-electron chi connectivity index (χ1n) is 7.24. The summed E-state index contributed by atoms with van der Waals surface area (Å²) in [5.41, 5.74) is 0.107. The zero-order valence-corrected chi connectivity index (χ0v) is 14.3. The van der Waals surface area contributed by atoms with Crippen molar-refractivity contribution in [1.29, 1.82) is 0 Å². The second-order valence-electron chi connectivity index (χ2n) is 5.25. The highest BCUT2D eigenvalue weighted by molar-refractivity contribution is 7.22. The van der Waals surface area contributed by atoms with Gasteiger partial charge < -0.3 is 9.15 Å². The summed E-state index contributed by atoms with van der Waals surface area (Å²) in [5, 5.41) is 1.30. The van der Waals surface area contributed by atoms with Crippen LogP contribution in [0, 0.1) is 0 Å². The molecule has 0 bridgehead atoms. The summed E-state index contributed by atoms with van der Waals surface area (Å²) in [5.74, 6) is -0.232. The van der Waals surface area contributed by atoms with Crippen LogP contribution in [0.5, 0.6) is 11.5 Å². The SMILES string of the molecule is FC(F)(F)c1nc(-c2cc3c(Oc4ccc(Cl)cc4)cncc3s2)co1. The molecule has 1 aromatic carbocycles. The van der Waals surface area contributed by atoms with Gasteiger partial charge in [0.2, 0.25) is 0 Å². The first-order valence-corrected chi connectivity index (χ1v) is 8.44. The van der Waals surface area contributed by atoms with E-state index in [1.807, 2.05) is 0 Å². The minimum absolute atomic E-state index is 0.107.